The van der Waals surface area contributed by atoms with Crippen LogP contribution < -0.4 is 0 Å². The molecule has 1 N–H and O–H groups in total. The zero-order valence-electron chi connectivity index (χ0n) is 14.7. The zero-order chi connectivity index (χ0) is 17.6. The predicted molar refractivity (Wildman–Crippen MR) is 90.3 cm³/mol. The third-order valence-electron chi connectivity index (χ3n) is 6.07. The highest BCUT2D eigenvalue weighted by Crippen LogP contribution is 2.49. The second-order valence-electron chi connectivity index (χ2n) is 7.45. The summed E-state index contributed by atoms with van der Waals surface area (Å²) in [6.45, 7) is 5.16. The number of likely N-dealkylation sites (tertiary alicyclic amines) is 1. The third-order valence-corrected chi connectivity index (χ3v) is 6.07. The van der Waals surface area contributed by atoms with Crippen LogP contribution in [-0.2, 0) is 6.42 Å². The van der Waals surface area contributed by atoms with Crippen LogP contribution in [0, 0.1) is 19.3 Å². The lowest BCUT2D eigenvalue weighted by atomic mass is 9.61. The molecule has 1 saturated heterocycles. The van der Waals surface area contributed by atoms with Crippen LogP contribution in [0.15, 0.2) is 21.1 Å². The molecule has 0 aromatic carbocycles. The van der Waals surface area contributed by atoms with E-state index in [4.69, 9.17) is 8.94 Å². The number of hydrogen-bond donors (Lipinski definition) is 1. The first-order valence-corrected chi connectivity index (χ1v) is 8.96. The Morgan fingerprint density at radius 1 is 1.32 bits per heavy atom. The SMILES string of the molecule is Cc1noc(C)c1Cc1ccc(C(=O)N2CCC3(CCC3O)CC2)o1. The number of aryl methyl sites for hydroxylation is 2. The number of carbonyl (C=O) groups excluding carboxylic acids is 1. The lowest BCUT2D eigenvalue weighted by Crippen LogP contribution is -2.53. The molecule has 1 spiro atoms. The normalized spacial score (nSPS) is 22.2. The van der Waals surface area contributed by atoms with Crippen LogP contribution >= 0.6 is 0 Å². The van der Waals surface area contributed by atoms with Crippen molar-refractivity contribution in [3.8, 4) is 0 Å². The molecule has 1 saturated carbocycles. The van der Waals surface area contributed by atoms with Crippen LogP contribution in [0.4, 0.5) is 0 Å². The van der Waals surface area contributed by atoms with Gasteiger partial charge < -0.3 is 18.9 Å². The summed E-state index contributed by atoms with van der Waals surface area (Å²) in [5, 5.41) is 13.9. The molecule has 1 aliphatic carbocycles. The molecule has 6 nitrogen and oxygen atoms in total. The van der Waals surface area contributed by atoms with E-state index in [1.807, 2.05) is 24.8 Å². The van der Waals surface area contributed by atoms with Crippen LogP contribution in [-0.4, -0.2) is 40.3 Å². The molecule has 2 fully saturated rings. The van der Waals surface area contributed by atoms with E-state index < -0.39 is 0 Å². The first-order chi connectivity index (χ1) is 12.0. The lowest BCUT2D eigenvalue weighted by molar-refractivity contribution is -0.0954. The van der Waals surface area contributed by atoms with Crippen molar-refractivity contribution in [1.82, 2.24) is 10.1 Å². The molecule has 2 aromatic rings. The van der Waals surface area contributed by atoms with Crippen molar-refractivity contribution in [2.24, 2.45) is 5.41 Å². The molecule has 1 amide bonds. The summed E-state index contributed by atoms with van der Waals surface area (Å²) in [6, 6.07) is 3.60. The molecular formula is C19H24N2O4. The van der Waals surface area contributed by atoms with Gasteiger partial charge in [-0.25, -0.2) is 0 Å². The molecule has 0 radical (unpaired) electrons. The Balaban J connectivity index is 1.41. The van der Waals surface area contributed by atoms with E-state index in [1.54, 1.807) is 6.07 Å². The highest BCUT2D eigenvalue weighted by molar-refractivity contribution is 5.91. The molecular weight excluding hydrogens is 320 g/mol. The summed E-state index contributed by atoms with van der Waals surface area (Å²) in [4.78, 5) is 14.5. The van der Waals surface area contributed by atoms with Crippen molar-refractivity contribution >= 4 is 5.91 Å². The molecule has 134 valence electrons. The van der Waals surface area contributed by atoms with Crippen molar-refractivity contribution in [2.45, 2.75) is 52.1 Å². The Morgan fingerprint density at radius 3 is 2.64 bits per heavy atom. The molecule has 0 bridgehead atoms. The molecule has 6 heteroatoms. The first-order valence-electron chi connectivity index (χ1n) is 8.96. The van der Waals surface area contributed by atoms with Crippen LogP contribution in [0.2, 0.25) is 0 Å². The smallest absolute Gasteiger partial charge is 0.289 e. The fourth-order valence-electron chi connectivity index (χ4n) is 4.09. The quantitative estimate of drug-likeness (QED) is 0.926. The van der Waals surface area contributed by atoms with Gasteiger partial charge in [0.25, 0.3) is 5.91 Å². The molecule has 3 heterocycles. The van der Waals surface area contributed by atoms with E-state index in [-0.39, 0.29) is 17.4 Å². The van der Waals surface area contributed by atoms with Gasteiger partial charge in [0.15, 0.2) is 5.76 Å². The van der Waals surface area contributed by atoms with Crippen LogP contribution in [0.5, 0.6) is 0 Å². The van der Waals surface area contributed by atoms with E-state index in [2.05, 4.69) is 5.16 Å². The Kier molecular flexibility index (Phi) is 3.95. The molecule has 2 aliphatic rings. The number of amides is 1. The summed E-state index contributed by atoms with van der Waals surface area (Å²) in [6.07, 6.45) is 4.13. The number of aliphatic hydroxyl groups is 1. The highest BCUT2D eigenvalue weighted by Gasteiger charge is 2.48. The monoisotopic (exact) mass is 344 g/mol. The highest BCUT2D eigenvalue weighted by atomic mass is 16.5. The van der Waals surface area contributed by atoms with Crippen molar-refractivity contribution in [3.63, 3.8) is 0 Å². The standard InChI is InChI=1S/C19H24N2O4/c1-12-15(13(2)25-20-12)11-14-3-4-16(24-14)18(23)21-9-7-19(8-10-21)6-5-17(19)22/h3-4,17,22H,5-11H2,1-2H3. The van der Waals surface area contributed by atoms with Gasteiger partial charge in [-0.2, -0.15) is 0 Å². The molecule has 25 heavy (non-hydrogen) atoms. The Hall–Kier alpha value is -2.08. The van der Waals surface area contributed by atoms with Crippen LogP contribution in [0.1, 0.15) is 59.0 Å². The van der Waals surface area contributed by atoms with Gasteiger partial charge >= 0.3 is 0 Å². The van der Waals surface area contributed by atoms with E-state index in [9.17, 15) is 9.90 Å². The maximum absolute atomic E-state index is 12.7. The zero-order valence-corrected chi connectivity index (χ0v) is 14.7. The number of aliphatic hydroxyl groups excluding tert-OH is 1. The number of hydrogen-bond acceptors (Lipinski definition) is 5. The fraction of sp³-hybridized carbons (Fsp3) is 0.579. The Morgan fingerprint density at radius 2 is 2.08 bits per heavy atom. The van der Waals surface area contributed by atoms with Crippen molar-refractivity contribution in [3.05, 3.63) is 40.7 Å². The Labute approximate surface area is 146 Å². The average Bonchev–Trinajstić information content (AvgIpc) is 3.22. The van der Waals surface area contributed by atoms with Gasteiger partial charge in [-0.3, -0.25) is 4.79 Å². The summed E-state index contributed by atoms with van der Waals surface area (Å²) in [7, 11) is 0. The van der Waals surface area contributed by atoms with E-state index in [0.717, 1.165) is 48.5 Å². The van der Waals surface area contributed by atoms with E-state index >= 15 is 0 Å². The topological polar surface area (TPSA) is 79.7 Å². The maximum Gasteiger partial charge on any atom is 0.289 e. The van der Waals surface area contributed by atoms with Gasteiger partial charge in [-0.1, -0.05) is 5.16 Å². The van der Waals surface area contributed by atoms with Crippen molar-refractivity contribution in [2.75, 3.05) is 13.1 Å². The summed E-state index contributed by atoms with van der Waals surface area (Å²) < 4.78 is 11.0. The number of aromatic nitrogens is 1. The number of piperidine rings is 1. The van der Waals surface area contributed by atoms with E-state index in [1.165, 1.54) is 0 Å². The number of carbonyl (C=O) groups is 1. The summed E-state index contributed by atoms with van der Waals surface area (Å²) in [5.41, 5.74) is 1.92. The molecule has 1 aliphatic heterocycles. The largest absolute Gasteiger partial charge is 0.456 e. The minimum Gasteiger partial charge on any atom is -0.456 e. The molecule has 1 atom stereocenters. The summed E-state index contributed by atoms with van der Waals surface area (Å²) >= 11 is 0. The lowest BCUT2D eigenvalue weighted by Gasteiger charge is -2.51. The van der Waals surface area contributed by atoms with Gasteiger partial charge in [0.1, 0.15) is 11.5 Å². The fourth-order valence-corrected chi connectivity index (χ4v) is 4.09. The second kappa shape index (κ2) is 6.02. The minimum absolute atomic E-state index is 0.0614. The minimum atomic E-state index is -0.185. The Bertz CT molecular complexity index is 764. The second-order valence-corrected chi connectivity index (χ2v) is 7.45. The van der Waals surface area contributed by atoms with Gasteiger partial charge in [0.2, 0.25) is 0 Å². The van der Waals surface area contributed by atoms with Crippen molar-refractivity contribution in [1.29, 1.82) is 0 Å². The summed E-state index contributed by atoms with van der Waals surface area (Å²) in [5.74, 6) is 1.84. The number of rotatable bonds is 3. The van der Waals surface area contributed by atoms with Gasteiger partial charge in [0.05, 0.1) is 11.8 Å². The van der Waals surface area contributed by atoms with Gasteiger partial charge in [-0.05, 0) is 57.1 Å². The van der Waals surface area contributed by atoms with Crippen LogP contribution in [0.25, 0.3) is 0 Å². The first kappa shape index (κ1) is 16.4. The molecule has 2 aromatic heterocycles. The van der Waals surface area contributed by atoms with E-state index in [0.29, 0.717) is 25.3 Å². The van der Waals surface area contributed by atoms with Crippen LogP contribution in [0.3, 0.4) is 0 Å². The van der Waals surface area contributed by atoms with Gasteiger partial charge in [0, 0.05) is 25.1 Å². The third kappa shape index (κ3) is 2.78. The molecule has 1 unspecified atom stereocenters. The number of furan rings is 1. The average molecular weight is 344 g/mol. The predicted octanol–water partition coefficient (Wildman–Crippen LogP) is 2.85. The number of nitrogens with zero attached hydrogens (tertiary/aromatic N) is 2. The molecule has 4 rings (SSSR count). The maximum atomic E-state index is 12.7. The van der Waals surface area contributed by atoms with Crippen molar-refractivity contribution < 1.29 is 18.8 Å². The van der Waals surface area contributed by atoms with Gasteiger partial charge in [-0.15, -0.1) is 0 Å².